The molecule has 0 saturated carbocycles. The molecule has 3 aromatic rings. The molecule has 0 aliphatic carbocycles. The molecule has 0 atom stereocenters. The van der Waals surface area contributed by atoms with E-state index in [1.165, 1.54) is 0 Å². The standard InChI is InChI=1S/C17H16N4OS2/c23-17(19-12-13-5-4-9-18-11-13)24-10-8-15-20-21-16(22-15)14-6-2-1-3-7-14/h1-7,9,11H,8,10,12H2,(H,19,23). The molecule has 0 radical (unpaired) electrons. The zero-order valence-corrected chi connectivity index (χ0v) is 14.5. The molecular weight excluding hydrogens is 340 g/mol. The normalized spacial score (nSPS) is 10.5. The highest BCUT2D eigenvalue weighted by Gasteiger charge is 2.08. The van der Waals surface area contributed by atoms with Gasteiger partial charge in [0.2, 0.25) is 11.8 Å². The zero-order valence-electron chi connectivity index (χ0n) is 12.9. The number of hydrogen-bond acceptors (Lipinski definition) is 6. The van der Waals surface area contributed by atoms with Crippen LogP contribution in [-0.2, 0) is 13.0 Å². The van der Waals surface area contributed by atoms with Crippen LogP contribution in [0.1, 0.15) is 11.5 Å². The van der Waals surface area contributed by atoms with E-state index < -0.39 is 0 Å². The van der Waals surface area contributed by atoms with Crippen LogP contribution in [0, 0.1) is 0 Å². The Kier molecular flexibility index (Phi) is 5.92. The minimum Gasteiger partial charge on any atom is -0.421 e. The Balaban J connectivity index is 1.42. The molecule has 5 nitrogen and oxygen atoms in total. The van der Waals surface area contributed by atoms with Crippen LogP contribution in [0.15, 0.2) is 59.3 Å². The van der Waals surface area contributed by atoms with Crippen molar-refractivity contribution in [1.82, 2.24) is 20.5 Å². The molecule has 0 aliphatic rings. The van der Waals surface area contributed by atoms with E-state index in [4.69, 9.17) is 16.6 Å². The maximum absolute atomic E-state index is 5.67. The van der Waals surface area contributed by atoms with Gasteiger partial charge in [0.15, 0.2) is 0 Å². The van der Waals surface area contributed by atoms with Crippen molar-refractivity contribution in [3.63, 3.8) is 0 Å². The summed E-state index contributed by atoms with van der Waals surface area (Å²) >= 11 is 6.88. The molecular formula is C17H16N4OS2. The smallest absolute Gasteiger partial charge is 0.247 e. The predicted octanol–water partition coefficient (Wildman–Crippen LogP) is 3.48. The first kappa shape index (κ1) is 16.6. The first-order valence-electron chi connectivity index (χ1n) is 7.48. The zero-order chi connectivity index (χ0) is 16.6. The van der Waals surface area contributed by atoms with Crippen molar-refractivity contribution in [2.45, 2.75) is 13.0 Å². The summed E-state index contributed by atoms with van der Waals surface area (Å²) < 4.78 is 6.42. The number of pyridine rings is 1. The van der Waals surface area contributed by atoms with E-state index in [1.54, 1.807) is 18.0 Å². The lowest BCUT2D eigenvalue weighted by Gasteiger charge is -2.06. The number of benzene rings is 1. The SMILES string of the molecule is S=C(NCc1cccnc1)SCCc1nnc(-c2ccccc2)o1. The van der Waals surface area contributed by atoms with Crippen molar-refractivity contribution < 1.29 is 4.42 Å². The second-order valence-corrected chi connectivity index (χ2v) is 6.74. The van der Waals surface area contributed by atoms with Crippen molar-refractivity contribution in [1.29, 1.82) is 0 Å². The molecule has 7 heteroatoms. The van der Waals surface area contributed by atoms with Gasteiger partial charge in [0.25, 0.3) is 0 Å². The van der Waals surface area contributed by atoms with E-state index in [1.807, 2.05) is 48.7 Å². The van der Waals surface area contributed by atoms with Crippen LogP contribution in [0.25, 0.3) is 11.5 Å². The van der Waals surface area contributed by atoms with Crippen molar-refractivity contribution in [3.05, 3.63) is 66.3 Å². The van der Waals surface area contributed by atoms with E-state index in [0.717, 1.165) is 21.2 Å². The van der Waals surface area contributed by atoms with Gasteiger partial charge in [-0.1, -0.05) is 48.2 Å². The third-order valence-corrected chi connectivity index (χ3v) is 4.51. The molecule has 1 aromatic carbocycles. The van der Waals surface area contributed by atoms with Crippen molar-refractivity contribution in [3.8, 4) is 11.5 Å². The van der Waals surface area contributed by atoms with Crippen LogP contribution in [0.2, 0.25) is 0 Å². The Bertz CT molecular complexity index is 778. The fourth-order valence-electron chi connectivity index (χ4n) is 2.01. The quantitative estimate of drug-likeness (QED) is 0.678. The minimum atomic E-state index is 0.549. The van der Waals surface area contributed by atoms with Crippen LogP contribution in [0.3, 0.4) is 0 Å². The number of thiocarbonyl (C=S) groups is 1. The van der Waals surface area contributed by atoms with E-state index in [-0.39, 0.29) is 0 Å². The lowest BCUT2D eigenvalue weighted by Crippen LogP contribution is -2.18. The third-order valence-electron chi connectivity index (χ3n) is 3.20. The summed E-state index contributed by atoms with van der Waals surface area (Å²) in [6, 6.07) is 13.7. The van der Waals surface area contributed by atoms with E-state index in [2.05, 4.69) is 20.5 Å². The minimum absolute atomic E-state index is 0.549. The Hall–Kier alpha value is -2.25. The highest BCUT2D eigenvalue weighted by atomic mass is 32.2. The third kappa shape index (κ3) is 4.87. The van der Waals surface area contributed by atoms with Gasteiger partial charge in [-0.05, 0) is 23.8 Å². The molecule has 0 aliphatic heterocycles. The average molecular weight is 356 g/mol. The first-order chi connectivity index (χ1) is 11.8. The predicted molar refractivity (Wildman–Crippen MR) is 99.6 cm³/mol. The lowest BCUT2D eigenvalue weighted by molar-refractivity contribution is 0.514. The average Bonchev–Trinajstić information content (AvgIpc) is 3.11. The van der Waals surface area contributed by atoms with Gasteiger partial charge in [0.05, 0.1) is 0 Å². The van der Waals surface area contributed by atoms with Crippen LogP contribution >= 0.6 is 24.0 Å². The van der Waals surface area contributed by atoms with Gasteiger partial charge in [0, 0.05) is 36.7 Å². The Labute approximate surface area is 149 Å². The molecule has 24 heavy (non-hydrogen) atoms. The summed E-state index contributed by atoms with van der Waals surface area (Å²) in [6.07, 6.45) is 4.26. The summed E-state index contributed by atoms with van der Waals surface area (Å²) in [4.78, 5) is 4.07. The number of rotatable bonds is 6. The van der Waals surface area contributed by atoms with Gasteiger partial charge in [-0.3, -0.25) is 4.98 Å². The molecule has 2 heterocycles. The molecule has 2 aromatic heterocycles. The molecule has 3 rings (SSSR count). The maximum atomic E-state index is 5.67. The van der Waals surface area contributed by atoms with Gasteiger partial charge < -0.3 is 9.73 Å². The summed E-state index contributed by atoms with van der Waals surface area (Å²) in [6.45, 7) is 0.679. The highest BCUT2D eigenvalue weighted by molar-refractivity contribution is 8.22. The second-order valence-electron chi connectivity index (χ2n) is 4.97. The number of aromatic nitrogens is 3. The van der Waals surface area contributed by atoms with E-state index in [0.29, 0.717) is 24.7 Å². The molecule has 0 amide bonds. The fraction of sp³-hybridized carbons (Fsp3) is 0.176. The molecule has 0 fully saturated rings. The largest absolute Gasteiger partial charge is 0.421 e. The number of aryl methyl sites for hydroxylation is 1. The summed E-state index contributed by atoms with van der Waals surface area (Å²) in [5.74, 6) is 1.96. The Morgan fingerprint density at radius 1 is 1.12 bits per heavy atom. The summed E-state index contributed by atoms with van der Waals surface area (Å²) in [5, 5.41) is 11.4. The molecule has 0 saturated heterocycles. The number of hydrogen-bond donors (Lipinski definition) is 1. The van der Waals surface area contributed by atoms with Crippen LogP contribution < -0.4 is 5.32 Å². The molecule has 1 N–H and O–H groups in total. The maximum Gasteiger partial charge on any atom is 0.247 e. The van der Waals surface area contributed by atoms with Crippen LogP contribution in [0.4, 0.5) is 0 Å². The van der Waals surface area contributed by atoms with Crippen molar-refractivity contribution in [2.75, 3.05) is 5.75 Å². The van der Waals surface area contributed by atoms with Crippen LogP contribution in [-0.4, -0.2) is 25.3 Å². The van der Waals surface area contributed by atoms with Crippen molar-refractivity contribution in [2.24, 2.45) is 0 Å². The van der Waals surface area contributed by atoms with Gasteiger partial charge in [0.1, 0.15) is 4.32 Å². The fourth-order valence-corrected chi connectivity index (χ4v) is 2.97. The van der Waals surface area contributed by atoms with E-state index >= 15 is 0 Å². The summed E-state index contributed by atoms with van der Waals surface area (Å²) in [5.41, 5.74) is 2.03. The number of nitrogens with zero attached hydrogens (tertiary/aromatic N) is 3. The highest BCUT2D eigenvalue weighted by Crippen LogP contribution is 2.17. The molecule has 0 spiro atoms. The van der Waals surface area contributed by atoms with Crippen LogP contribution in [0.5, 0.6) is 0 Å². The van der Waals surface area contributed by atoms with E-state index in [9.17, 15) is 0 Å². The van der Waals surface area contributed by atoms with Gasteiger partial charge in [-0.2, -0.15) is 0 Å². The van der Waals surface area contributed by atoms with Gasteiger partial charge in [-0.15, -0.1) is 10.2 Å². The molecule has 122 valence electrons. The molecule has 0 bridgehead atoms. The van der Waals surface area contributed by atoms with Gasteiger partial charge in [-0.25, -0.2) is 0 Å². The summed E-state index contributed by atoms with van der Waals surface area (Å²) in [7, 11) is 0. The Morgan fingerprint density at radius 2 is 2.00 bits per heavy atom. The Morgan fingerprint density at radius 3 is 2.79 bits per heavy atom. The number of thioether (sulfide) groups is 1. The number of nitrogens with one attached hydrogen (secondary N) is 1. The van der Waals surface area contributed by atoms with Crippen molar-refractivity contribution >= 4 is 28.3 Å². The second kappa shape index (κ2) is 8.56. The topological polar surface area (TPSA) is 63.8 Å². The lowest BCUT2D eigenvalue weighted by atomic mass is 10.2. The monoisotopic (exact) mass is 356 g/mol. The van der Waals surface area contributed by atoms with Gasteiger partial charge >= 0.3 is 0 Å². The molecule has 0 unspecified atom stereocenters. The first-order valence-corrected chi connectivity index (χ1v) is 8.88.